The second kappa shape index (κ2) is 5.58. The van der Waals surface area contributed by atoms with Crippen LogP contribution < -0.4 is 0 Å². The van der Waals surface area contributed by atoms with Gasteiger partial charge in [0.25, 0.3) is 0 Å². The Morgan fingerprint density at radius 3 is 2.76 bits per heavy atom. The lowest BCUT2D eigenvalue weighted by Crippen LogP contribution is -2.36. The first-order valence-corrected chi connectivity index (χ1v) is 6.94. The molecule has 0 amide bonds. The fraction of sp³-hybridized carbons (Fsp3) is 0.235. The van der Waals surface area contributed by atoms with E-state index < -0.39 is 11.9 Å². The molecule has 0 bridgehead atoms. The topological polar surface area (TPSA) is 60.8 Å². The zero-order valence-corrected chi connectivity index (χ0v) is 11.6. The molecule has 1 aliphatic rings. The van der Waals surface area contributed by atoms with Gasteiger partial charge in [0.05, 0.1) is 5.92 Å². The Morgan fingerprint density at radius 1 is 1.19 bits per heavy atom. The van der Waals surface area contributed by atoms with Gasteiger partial charge in [0.1, 0.15) is 5.75 Å². The largest absolute Gasteiger partial charge is 0.508 e. The molecule has 2 aromatic carbocycles. The van der Waals surface area contributed by atoms with E-state index in [0.29, 0.717) is 13.1 Å². The summed E-state index contributed by atoms with van der Waals surface area (Å²) in [4.78, 5) is 13.6. The third kappa shape index (κ3) is 2.90. The van der Waals surface area contributed by atoms with Crippen molar-refractivity contribution < 1.29 is 15.0 Å². The minimum absolute atomic E-state index is 0.236. The number of carbonyl (C=O) groups is 1. The van der Waals surface area contributed by atoms with E-state index in [2.05, 4.69) is 4.90 Å². The first-order valence-electron chi connectivity index (χ1n) is 6.94. The summed E-state index contributed by atoms with van der Waals surface area (Å²) in [6.07, 6.45) is 0. The lowest BCUT2D eigenvalue weighted by atomic mass is 9.89. The fourth-order valence-electron chi connectivity index (χ4n) is 2.92. The SMILES string of the molecule is O=C(O)C1CN(Cc2cccc(O)c2)Cc2ccccc21. The average Bonchev–Trinajstić information content (AvgIpc) is 2.46. The Kier molecular flexibility index (Phi) is 3.62. The summed E-state index contributed by atoms with van der Waals surface area (Å²) in [5.74, 6) is -1.05. The van der Waals surface area contributed by atoms with Crippen molar-refractivity contribution in [3.05, 3.63) is 65.2 Å². The molecule has 1 heterocycles. The van der Waals surface area contributed by atoms with E-state index in [-0.39, 0.29) is 5.75 Å². The monoisotopic (exact) mass is 283 g/mol. The predicted molar refractivity (Wildman–Crippen MR) is 79.0 cm³/mol. The number of hydrogen-bond acceptors (Lipinski definition) is 3. The molecule has 0 radical (unpaired) electrons. The van der Waals surface area contributed by atoms with Crippen molar-refractivity contribution in [2.45, 2.75) is 19.0 Å². The van der Waals surface area contributed by atoms with Crippen LogP contribution in [-0.4, -0.2) is 27.6 Å². The lowest BCUT2D eigenvalue weighted by Gasteiger charge is -2.32. The summed E-state index contributed by atoms with van der Waals surface area (Å²) in [5, 5.41) is 19.0. The van der Waals surface area contributed by atoms with Crippen molar-refractivity contribution in [1.29, 1.82) is 0 Å². The van der Waals surface area contributed by atoms with Crippen LogP contribution in [0.3, 0.4) is 0 Å². The van der Waals surface area contributed by atoms with Gasteiger partial charge in [-0.3, -0.25) is 9.69 Å². The normalized spacial score (nSPS) is 18.2. The Morgan fingerprint density at radius 2 is 2.00 bits per heavy atom. The molecule has 0 aromatic heterocycles. The molecule has 0 spiro atoms. The van der Waals surface area contributed by atoms with Crippen LogP contribution in [0.1, 0.15) is 22.6 Å². The number of phenolic OH excluding ortho intramolecular Hbond substituents is 1. The van der Waals surface area contributed by atoms with E-state index in [1.807, 2.05) is 30.3 Å². The third-order valence-corrected chi connectivity index (χ3v) is 3.88. The summed E-state index contributed by atoms with van der Waals surface area (Å²) < 4.78 is 0. The molecule has 3 rings (SSSR count). The molecule has 4 heteroatoms. The number of rotatable bonds is 3. The van der Waals surface area contributed by atoms with Crippen LogP contribution in [-0.2, 0) is 17.9 Å². The Hall–Kier alpha value is -2.33. The van der Waals surface area contributed by atoms with Crippen LogP contribution in [0.2, 0.25) is 0 Å². The number of hydrogen-bond donors (Lipinski definition) is 2. The molecule has 1 atom stereocenters. The van der Waals surface area contributed by atoms with Crippen molar-refractivity contribution in [2.75, 3.05) is 6.54 Å². The van der Waals surface area contributed by atoms with Gasteiger partial charge in [0.2, 0.25) is 0 Å². The first-order chi connectivity index (χ1) is 10.1. The second-order valence-electron chi connectivity index (χ2n) is 5.43. The number of benzene rings is 2. The second-order valence-corrected chi connectivity index (χ2v) is 5.43. The zero-order chi connectivity index (χ0) is 14.8. The molecular weight excluding hydrogens is 266 g/mol. The summed E-state index contributed by atoms with van der Waals surface area (Å²) in [6.45, 7) is 1.85. The number of carboxylic acids is 1. The van der Waals surface area contributed by atoms with Crippen molar-refractivity contribution in [1.82, 2.24) is 4.90 Å². The van der Waals surface area contributed by atoms with E-state index in [9.17, 15) is 15.0 Å². The van der Waals surface area contributed by atoms with Gasteiger partial charge in [-0.15, -0.1) is 0 Å². The minimum atomic E-state index is -0.789. The number of aliphatic carboxylic acids is 1. The molecule has 0 aliphatic carbocycles. The summed E-state index contributed by atoms with van der Waals surface area (Å²) >= 11 is 0. The molecule has 21 heavy (non-hydrogen) atoms. The molecule has 0 saturated carbocycles. The van der Waals surface area contributed by atoms with E-state index in [1.165, 1.54) is 0 Å². The number of aromatic hydroxyl groups is 1. The van der Waals surface area contributed by atoms with Gasteiger partial charge < -0.3 is 10.2 Å². The van der Waals surface area contributed by atoms with Gasteiger partial charge in [-0.05, 0) is 28.8 Å². The highest BCUT2D eigenvalue weighted by molar-refractivity contribution is 5.77. The lowest BCUT2D eigenvalue weighted by molar-refractivity contribution is -0.139. The van der Waals surface area contributed by atoms with Crippen molar-refractivity contribution in [3.63, 3.8) is 0 Å². The van der Waals surface area contributed by atoms with Crippen LogP contribution in [0.5, 0.6) is 5.75 Å². The van der Waals surface area contributed by atoms with Crippen LogP contribution in [0.25, 0.3) is 0 Å². The summed E-state index contributed by atoms with van der Waals surface area (Å²) in [5.41, 5.74) is 2.96. The molecule has 1 aliphatic heterocycles. The van der Waals surface area contributed by atoms with Gasteiger partial charge in [-0.25, -0.2) is 0 Å². The van der Waals surface area contributed by atoms with Gasteiger partial charge >= 0.3 is 5.97 Å². The van der Waals surface area contributed by atoms with Gasteiger partial charge in [-0.1, -0.05) is 36.4 Å². The zero-order valence-electron chi connectivity index (χ0n) is 11.6. The van der Waals surface area contributed by atoms with Crippen molar-refractivity contribution in [3.8, 4) is 5.75 Å². The Balaban J connectivity index is 1.85. The summed E-state index contributed by atoms with van der Waals surface area (Å²) in [6, 6.07) is 14.8. The molecule has 108 valence electrons. The first kappa shape index (κ1) is 13.6. The maximum Gasteiger partial charge on any atom is 0.312 e. The number of nitrogens with zero attached hydrogens (tertiary/aromatic N) is 1. The molecule has 2 N–H and O–H groups in total. The van der Waals surface area contributed by atoms with Gasteiger partial charge in [0, 0.05) is 19.6 Å². The van der Waals surface area contributed by atoms with E-state index in [4.69, 9.17) is 0 Å². The maximum atomic E-state index is 11.5. The third-order valence-electron chi connectivity index (χ3n) is 3.88. The average molecular weight is 283 g/mol. The standard InChI is InChI=1S/C17H17NO3/c19-14-6-3-4-12(8-14)9-18-10-13-5-1-2-7-15(13)16(11-18)17(20)21/h1-8,16,19H,9-11H2,(H,20,21). The highest BCUT2D eigenvalue weighted by Gasteiger charge is 2.29. The molecule has 4 nitrogen and oxygen atoms in total. The van der Waals surface area contributed by atoms with Crippen LogP contribution in [0, 0.1) is 0 Å². The van der Waals surface area contributed by atoms with Gasteiger partial charge in [0.15, 0.2) is 0 Å². The Labute approximate surface area is 123 Å². The maximum absolute atomic E-state index is 11.5. The number of phenols is 1. The van der Waals surface area contributed by atoms with Crippen LogP contribution in [0.4, 0.5) is 0 Å². The fourth-order valence-corrected chi connectivity index (χ4v) is 2.92. The smallest absolute Gasteiger partial charge is 0.312 e. The minimum Gasteiger partial charge on any atom is -0.508 e. The highest BCUT2D eigenvalue weighted by Crippen LogP contribution is 2.29. The van der Waals surface area contributed by atoms with Crippen molar-refractivity contribution >= 4 is 5.97 Å². The predicted octanol–water partition coefficient (Wildman–Crippen LogP) is 2.58. The molecular formula is C17H17NO3. The summed E-state index contributed by atoms with van der Waals surface area (Å²) in [7, 11) is 0. The van der Waals surface area contributed by atoms with Gasteiger partial charge in [-0.2, -0.15) is 0 Å². The van der Waals surface area contributed by atoms with E-state index in [1.54, 1.807) is 18.2 Å². The number of carboxylic acid groups (broad SMARTS) is 1. The quantitative estimate of drug-likeness (QED) is 0.909. The van der Waals surface area contributed by atoms with Crippen LogP contribution >= 0.6 is 0 Å². The number of fused-ring (bicyclic) bond motifs is 1. The molecule has 2 aromatic rings. The Bertz CT molecular complexity index is 669. The highest BCUT2D eigenvalue weighted by atomic mass is 16.4. The van der Waals surface area contributed by atoms with E-state index in [0.717, 1.165) is 23.2 Å². The van der Waals surface area contributed by atoms with Crippen molar-refractivity contribution in [2.24, 2.45) is 0 Å². The molecule has 0 fully saturated rings. The van der Waals surface area contributed by atoms with E-state index >= 15 is 0 Å². The molecule has 0 saturated heterocycles. The van der Waals surface area contributed by atoms with Crippen LogP contribution in [0.15, 0.2) is 48.5 Å². The molecule has 1 unspecified atom stereocenters.